The van der Waals surface area contributed by atoms with Crippen molar-refractivity contribution in [2.24, 2.45) is 11.7 Å². The Morgan fingerprint density at radius 3 is 2.88 bits per heavy atom. The molecule has 0 radical (unpaired) electrons. The summed E-state index contributed by atoms with van der Waals surface area (Å²) in [5.41, 5.74) is 6.04. The normalized spacial score (nSPS) is 20.6. The second-order valence-corrected chi connectivity index (χ2v) is 4.40. The molecule has 1 fully saturated rings. The van der Waals surface area contributed by atoms with Gasteiger partial charge in [0.15, 0.2) is 10.3 Å². The second-order valence-electron chi connectivity index (χ2n) is 3.65. The van der Waals surface area contributed by atoms with E-state index >= 15 is 0 Å². The first kappa shape index (κ1) is 11.6. The molecule has 0 spiro atoms. The third-order valence-corrected chi connectivity index (χ3v) is 2.98. The van der Waals surface area contributed by atoms with Gasteiger partial charge >= 0.3 is 0 Å². The lowest BCUT2D eigenvalue weighted by Gasteiger charge is -2.16. The molecule has 1 aliphatic heterocycles. The molecule has 5 nitrogen and oxygen atoms in total. The number of carbonyl (C=O) groups is 1. The Morgan fingerprint density at radius 1 is 1.50 bits per heavy atom. The summed E-state index contributed by atoms with van der Waals surface area (Å²) >= 11 is 11.6. The molecule has 1 atom stereocenters. The van der Waals surface area contributed by atoms with E-state index in [2.05, 4.69) is 10.2 Å². The maximum Gasteiger partial charge on any atom is 0.227 e. The molecule has 0 aliphatic carbocycles. The van der Waals surface area contributed by atoms with Crippen LogP contribution in [0.4, 0.5) is 5.69 Å². The lowest BCUT2D eigenvalue weighted by atomic mass is 10.1. The van der Waals surface area contributed by atoms with Crippen LogP contribution >= 0.6 is 23.2 Å². The number of hydrogen-bond donors (Lipinski definition) is 1. The lowest BCUT2D eigenvalue weighted by Crippen LogP contribution is -2.26. The third kappa shape index (κ3) is 2.11. The molecule has 2 N–H and O–H groups in total. The number of halogens is 2. The zero-order chi connectivity index (χ0) is 11.7. The number of nitrogens with two attached hydrogens (primary N) is 1. The van der Waals surface area contributed by atoms with Crippen molar-refractivity contribution >= 4 is 34.8 Å². The van der Waals surface area contributed by atoms with Gasteiger partial charge in [-0.15, -0.1) is 10.2 Å². The monoisotopic (exact) mass is 260 g/mol. The van der Waals surface area contributed by atoms with E-state index in [1.165, 1.54) is 6.07 Å². The summed E-state index contributed by atoms with van der Waals surface area (Å²) in [5.74, 6) is 0.150. The van der Waals surface area contributed by atoms with Crippen LogP contribution in [0.2, 0.25) is 10.3 Å². The zero-order valence-corrected chi connectivity index (χ0v) is 9.87. The van der Waals surface area contributed by atoms with Crippen molar-refractivity contribution < 1.29 is 4.79 Å². The minimum absolute atomic E-state index is 0.0126. The predicted octanol–water partition coefficient (Wildman–Crippen LogP) is 1.09. The predicted molar refractivity (Wildman–Crippen MR) is 61.6 cm³/mol. The molecule has 7 heteroatoms. The average Bonchev–Trinajstić information content (AvgIpc) is 2.63. The van der Waals surface area contributed by atoms with Gasteiger partial charge in [-0.3, -0.25) is 4.79 Å². The molecule has 1 aliphatic rings. The standard InChI is InChI=1S/C9H10Cl2N4O/c10-7-2-6(9(11)14-13-7)15-4-5(3-12)1-8(15)16/h2,5H,1,3-4,12H2. The summed E-state index contributed by atoms with van der Waals surface area (Å²) in [6.07, 6.45) is 0.437. The van der Waals surface area contributed by atoms with Crippen LogP contribution in [0.15, 0.2) is 6.07 Å². The van der Waals surface area contributed by atoms with Crippen molar-refractivity contribution in [1.29, 1.82) is 0 Å². The number of amides is 1. The summed E-state index contributed by atoms with van der Waals surface area (Å²) in [7, 11) is 0. The van der Waals surface area contributed by atoms with E-state index in [1.807, 2.05) is 0 Å². The smallest absolute Gasteiger partial charge is 0.227 e. The highest BCUT2D eigenvalue weighted by atomic mass is 35.5. The molecule has 0 saturated carbocycles. The van der Waals surface area contributed by atoms with Crippen LogP contribution in [0.1, 0.15) is 6.42 Å². The second kappa shape index (κ2) is 4.53. The molecule has 1 unspecified atom stereocenters. The van der Waals surface area contributed by atoms with Gasteiger partial charge in [-0.1, -0.05) is 23.2 Å². The van der Waals surface area contributed by atoms with Crippen molar-refractivity contribution in [2.45, 2.75) is 6.42 Å². The van der Waals surface area contributed by atoms with Crippen molar-refractivity contribution in [3.8, 4) is 0 Å². The van der Waals surface area contributed by atoms with Crippen LogP contribution in [0, 0.1) is 5.92 Å². The molecule has 2 rings (SSSR count). The molecular weight excluding hydrogens is 251 g/mol. The first-order valence-corrected chi connectivity index (χ1v) is 5.56. The Morgan fingerprint density at radius 2 is 2.25 bits per heavy atom. The van der Waals surface area contributed by atoms with E-state index in [0.717, 1.165) is 0 Å². The number of nitrogens with zero attached hydrogens (tertiary/aromatic N) is 3. The van der Waals surface area contributed by atoms with E-state index in [0.29, 0.717) is 25.2 Å². The molecule has 2 heterocycles. The topological polar surface area (TPSA) is 72.1 Å². The number of hydrogen-bond acceptors (Lipinski definition) is 4. The van der Waals surface area contributed by atoms with Crippen LogP contribution in [-0.4, -0.2) is 29.2 Å². The van der Waals surface area contributed by atoms with Crippen molar-refractivity contribution in [2.75, 3.05) is 18.0 Å². The maximum atomic E-state index is 11.7. The fourth-order valence-electron chi connectivity index (χ4n) is 1.71. The van der Waals surface area contributed by atoms with Crippen molar-refractivity contribution in [3.05, 3.63) is 16.4 Å². The lowest BCUT2D eigenvalue weighted by molar-refractivity contribution is -0.117. The van der Waals surface area contributed by atoms with Gasteiger partial charge in [-0.05, 0) is 12.5 Å². The zero-order valence-electron chi connectivity index (χ0n) is 8.36. The highest BCUT2D eigenvalue weighted by Crippen LogP contribution is 2.30. The number of carbonyl (C=O) groups excluding carboxylic acids is 1. The van der Waals surface area contributed by atoms with Gasteiger partial charge in [0, 0.05) is 19.0 Å². The Hall–Kier alpha value is -0.910. The molecule has 1 aromatic rings. The van der Waals surface area contributed by atoms with Gasteiger partial charge in [0.1, 0.15) is 0 Å². The molecule has 1 saturated heterocycles. The van der Waals surface area contributed by atoms with E-state index < -0.39 is 0 Å². The first-order chi connectivity index (χ1) is 7.61. The van der Waals surface area contributed by atoms with E-state index in [-0.39, 0.29) is 22.1 Å². The molecule has 86 valence electrons. The Bertz CT molecular complexity index is 426. The van der Waals surface area contributed by atoms with Gasteiger partial charge in [-0.25, -0.2) is 0 Å². The molecule has 0 bridgehead atoms. The van der Waals surface area contributed by atoms with Gasteiger partial charge in [0.25, 0.3) is 0 Å². The molecule has 1 amide bonds. The first-order valence-electron chi connectivity index (χ1n) is 4.81. The molecule has 1 aromatic heterocycles. The van der Waals surface area contributed by atoms with Gasteiger partial charge in [0.05, 0.1) is 5.69 Å². The fraction of sp³-hybridized carbons (Fsp3) is 0.444. The summed E-state index contributed by atoms with van der Waals surface area (Å²) in [4.78, 5) is 13.3. The number of rotatable bonds is 2. The summed E-state index contributed by atoms with van der Waals surface area (Å²) in [6.45, 7) is 1.03. The summed E-state index contributed by atoms with van der Waals surface area (Å²) in [5, 5.41) is 7.65. The van der Waals surface area contributed by atoms with E-state index in [9.17, 15) is 4.79 Å². The number of anilines is 1. The Labute approximate surface area is 103 Å². The Balaban J connectivity index is 2.30. The van der Waals surface area contributed by atoms with E-state index in [1.54, 1.807) is 4.90 Å². The number of aromatic nitrogens is 2. The van der Waals surface area contributed by atoms with E-state index in [4.69, 9.17) is 28.9 Å². The van der Waals surface area contributed by atoms with Crippen LogP contribution < -0.4 is 10.6 Å². The van der Waals surface area contributed by atoms with Crippen LogP contribution in [0.25, 0.3) is 0 Å². The highest BCUT2D eigenvalue weighted by Gasteiger charge is 2.31. The van der Waals surface area contributed by atoms with Crippen LogP contribution in [0.3, 0.4) is 0 Å². The Kier molecular flexibility index (Phi) is 3.28. The fourth-order valence-corrected chi connectivity index (χ4v) is 2.04. The summed E-state index contributed by atoms with van der Waals surface area (Å²) < 4.78 is 0. The van der Waals surface area contributed by atoms with Crippen LogP contribution in [0.5, 0.6) is 0 Å². The van der Waals surface area contributed by atoms with Crippen LogP contribution in [-0.2, 0) is 4.79 Å². The molecule has 0 aromatic carbocycles. The largest absolute Gasteiger partial charge is 0.330 e. The SMILES string of the molecule is NCC1CC(=O)N(c2cc(Cl)nnc2Cl)C1. The molecule has 16 heavy (non-hydrogen) atoms. The molecular formula is C9H10Cl2N4O. The quantitative estimate of drug-likeness (QED) is 0.865. The van der Waals surface area contributed by atoms with Crippen molar-refractivity contribution in [3.63, 3.8) is 0 Å². The minimum Gasteiger partial charge on any atom is -0.330 e. The average molecular weight is 261 g/mol. The van der Waals surface area contributed by atoms with Gasteiger partial charge in [0.2, 0.25) is 5.91 Å². The summed E-state index contributed by atoms with van der Waals surface area (Å²) in [6, 6.07) is 1.54. The van der Waals surface area contributed by atoms with Gasteiger partial charge in [-0.2, -0.15) is 0 Å². The minimum atomic E-state index is -0.0126. The highest BCUT2D eigenvalue weighted by molar-refractivity contribution is 6.34. The third-order valence-electron chi connectivity index (χ3n) is 2.53. The maximum absolute atomic E-state index is 11.7. The van der Waals surface area contributed by atoms with Gasteiger partial charge < -0.3 is 10.6 Å². The van der Waals surface area contributed by atoms with Crippen molar-refractivity contribution in [1.82, 2.24) is 10.2 Å².